The van der Waals surface area contributed by atoms with Crippen molar-refractivity contribution < 1.29 is 4.79 Å². The number of amides is 1. The maximum absolute atomic E-state index is 12.1. The summed E-state index contributed by atoms with van der Waals surface area (Å²) in [5.74, 6) is -0.0857. The Balaban J connectivity index is 1.68. The third-order valence-electron chi connectivity index (χ3n) is 4.43. The van der Waals surface area contributed by atoms with E-state index in [0.717, 1.165) is 27.6 Å². The summed E-state index contributed by atoms with van der Waals surface area (Å²) in [5, 5.41) is 15.3. The highest BCUT2D eigenvalue weighted by Gasteiger charge is 2.43. The molecule has 6 nitrogen and oxygen atoms in total. The van der Waals surface area contributed by atoms with Crippen LogP contribution in [0.5, 0.6) is 0 Å². The minimum Gasteiger partial charge on any atom is -0.398 e. The molecule has 124 valence electrons. The fourth-order valence-corrected chi connectivity index (χ4v) is 3.58. The summed E-state index contributed by atoms with van der Waals surface area (Å²) in [7, 11) is 0. The number of nitrogens with zero attached hydrogens (tertiary/aromatic N) is 3. The van der Waals surface area contributed by atoms with Crippen LogP contribution in [0.3, 0.4) is 0 Å². The molecule has 0 spiro atoms. The number of carbonyl (C=O) groups is 1. The number of aryl methyl sites for hydroxylation is 1. The average Bonchev–Trinajstić information content (AvgIpc) is 3.27. The number of nitriles is 1. The molecule has 2 aromatic heterocycles. The topological polar surface area (TPSA) is 105 Å². The Kier molecular flexibility index (Phi) is 3.62. The molecular weight excluding hydrogens is 334 g/mol. The fourth-order valence-electron chi connectivity index (χ4n) is 2.90. The number of pyridine rings is 1. The van der Waals surface area contributed by atoms with Crippen LogP contribution < -0.4 is 11.1 Å². The molecule has 1 saturated carbocycles. The second kappa shape index (κ2) is 5.83. The van der Waals surface area contributed by atoms with Gasteiger partial charge in [-0.2, -0.15) is 9.64 Å². The fraction of sp³-hybridized carbons (Fsp3) is 0.222. The first kappa shape index (κ1) is 15.5. The molecule has 2 heterocycles. The Labute approximate surface area is 148 Å². The summed E-state index contributed by atoms with van der Waals surface area (Å²) in [5.41, 5.74) is 9.75. The summed E-state index contributed by atoms with van der Waals surface area (Å²) in [6.45, 7) is 2.01. The van der Waals surface area contributed by atoms with Crippen molar-refractivity contribution >= 4 is 39.7 Å². The number of hydrogen-bond acceptors (Lipinski definition) is 6. The molecule has 1 aliphatic carbocycles. The first-order valence-corrected chi connectivity index (χ1v) is 8.71. The van der Waals surface area contributed by atoms with E-state index in [1.54, 1.807) is 12.3 Å². The van der Waals surface area contributed by atoms with Crippen LogP contribution in [0.1, 0.15) is 12.0 Å². The maximum Gasteiger partial charge on any atom is 0.230 e. The van der Waals surface area contributed by atoms with E-state index in [-0.39, 0.29) is 17.7 Å². The molecule has 1 amide bonds. The lowest BCUT2D eigenvalue weighted by atomic mass is 10.0. The van der Waals surface area contributed by atoms with Gasteiger partial charge in [0.2, 0.25) is 5.91 Å². The van der Waals surface area contributed by atoms with E-state index in [9.17, 15) is 4.79 Å². The van der Waals surface area contributed by atoms with E-state index in [1.165, 1.54) is 11.5 Å². The molecule has 0 saturated heterocycles. The molecule has 25 heavy (non-hydrogen) atoms. The lowest BCUT2D eigenvalue weighted by molar-refractivity contribution is -0.117. The zero-order valence-electron chi connectivity index (χ0n) is 13.5. The van der Waals surface area contributed by atoms with E-state index in [0.29, 0.717) is 17.9 Å². The van der Waals surface area contributed by atoms with Gasteiger partial charge >= 0.3 is 0 Å². The zero-order valence-corrected chi connectivity index (χ0v) is 14.3. The first-order chi connectivity index (χ1) is 12.1. The van der Waals surface area contributed by atoms with Crippen LogP contribution in [0, 0.1) is 30.1 Å². The Morgan fingerprint density at radius 2 is 2.28 bits per heavy atom. The number of benzene rings is 1. The van der Waals surface area contributed by atoms with Crippen LogP contribution in [-0.4, -0.2) is 15.3 Å². The van der Waals surface area contributed by atoms with Gasteiger partial charge in [0.15, 0.2) is 0 Å². The molecule has 0 bridgehead atoms. The van der Waals surface area contributed by atoms with Gasteiger partial charge in [0.1, 0.15) is 5.82 Å². The summed E-state index contributed by atoms with van der Waals surface area (Å²) >= 11 is 1.41. The van der Waals surface area contributed by atoms with Crippen molar-refractivity contribution in [2.24, 2.45) is 11.8 Å². The Hall–Kier alpha value is -2.98. The van der Waals surface area contributed by atoms with Crippen LogP contribution in [0.2, 0.25) is 0 Å². The van der Waals surface area contributed by atoms with E-state index in [1.807, 2.05) is 24.4 Å². The smallest absolute Gasteiger partial charge is 0.230 e. The standard InChI is InChI=1S/C18H15N5OS/c1-9-8-25-23-17(9)11-2-10-5-16(21-7-14(10)15(20)4-11)22-18(24)13-3-12(13)6-19/h2,4-5,7-8,12-13H,3,20H2,1H3,(H,21,22,24)/t12-,13+/m1/s1. The summed E-state index contributed by atoms with van der Waals surface area (Å²) < 4.78 is 4.42. The van der Waals surface area contributed by atoms with Gasteiger partial charge in [-0.3, -0.25) is 4.79 Å². The third-order valence-corrected chi connectivity index (χ3v) is 5.18. The normalized spacial score (nSPS) is 18.7. The van der Waals surface area contributed by atoms with Crippen LogP contribution in [-0.2, 0) is 4.79 Å². The van der Waals surface area contributed by atoms with Gasteiger partial charge in [-0.25, -0.2) is 4.98 Å². The zero-order chi connectivity index (χ0) is 17.6. The summed E-state index contributed by atoms with van der Waals surface area (Å²) in [6.07, 6.45) is 2.28. The van der Waals surface area contributed by atoms with Crippen molar-refractivity contribution in [1.29, 1.82) is 5.26 Å². The largest absolute Gasteiger partial charge is 0.398 e. The molecule has 2 atom stereocenters. The number of hydrogen-bond donors (Lipinski definition) is 2. The molecule has 4 rings (SSSR count). The number of rotatable bonds is 3. The summed E-state index contributed by atoms with van der Waals surface area (Å²) in [6, 6.07) is 7.82. The second-order valence-corrected chi connectivity index (χ2v) is 6.90. The molecule has 0 unspecified atom stereocenters. The van der Waals surface area contributed by atoms with Crippen LogP contribution >= 0.6 is 11.5 Å². The Morgan fingerprint density at radius 1 is 1.44 bits per heavy atom. The van der Waals surface area contributed by atoms with Crippen LogP contribution in [0.25, 0.3) is 22.0 Å². The van der Waals surface area contributed by atoms with Crippen LogP contribution in [0.15, 0.2) is 29.8 Å². The van der Waals surface area contributed by atoms with Gasteiger partial charge in [0, 0.05) is 28.2 Å². The molecule has 0 aliphatic heterocycles. The number of aromatic nitrogens is 2. The molecule has 3 N–H and O–H groups in total. The predicted octanol–water partition coefficient (Wildman–Crippen LogP) is 3.35. The Bertz CT molecular complexity index is 1040. The van der Waals surface area contributed by atoms with Crippen molar-refractivity contribution in [2.45, 2.75) is 13.3 Å². The lowest BCUT2D eigenvalue weighted by Crippen LogP contribution is -2.15. The minimum absolute atomic E-state index is 0.155. The number of nitrogens with one attached hydrogen (secondary N) is 1. The van der Waals surface area contributed by atoms with Crippen molar-refractivity contribution in [2.75, 3.05) is 11.1 Å². The molecule has 7 heteroatoms. The van der Waals surface area contributed by atoms with Crippen molar-refractivity contribution in [1.82, 2.24) is 9.36 Å². The number of nitrogens with two attached hydrogens (primary N) is 1. The van der Waals surface area contributed by atoms with Gasteiger partial charge in [0.25, 0.3) is 0 Å². The van der Waals surface area contributed by atoms with Crippen molar-refractivity contribution in [3.05, 3.63) is 35.3 Å². The van der Waals surface area contributed by atoms with E-state index >= 15 is 0 Å². The first-order valence-electron chi connectivity index (χ1n) is 7.88. The summed E-state index contributed by atoms with van der Waals surface area (Å²) in [4.78, 5) is 16.4. The molecule has 1 aromatic carbocycles. The average molecular weight is 349 g/mol. The predicted molar refractivity (Wildman–Crippen MR) is 97.8 cm³/mol. The number of carbonyl (C=O) groups excluding carboxylic acids is 1. The number of fused-ring (bicyclic) bond motifs is 1. The monoisotopic (exact) mass is 349 g/mol. The van der Waals surface area contributed by atoms with Gasteiger partial charge in [0.05, 0.1) is 23.6 Å². The molecule has 0 radical (unpaired) electrons. The molecule has 3 aromatic rings. The number of nitrogen functional groups attached to an aromatic ring is 1. The minimum atomic E-state index is -0.225. The van der Waals surface area contributed by atoms with Crippen molar-refractivity contribution in [3.8, 4) is 17.3 Å². The highest BCUT2D eigenvalue weighted by atomic mass is 32.1. The van der Waals surface area contributed by atoms with Crippen molar-refractivity contribution in [3.63, 3.8) is 0 Å². The van der Waals surface area contributed by atoms with Gasteiger partial charge in [-0.1, -0.05) is 0 Å². The van der Waals surface area contributed by atoms with Gasteiger partial charge < -0.3 is 11.1 Å². The van der Waals surface area contributed by atoms with E-state index in [2.05, 4.69) is 20.7 Å². The second-order valence-electron chi connectivity index (χ2n) is 6.27. The SMILES string of the molecule is Cc1csnc1-c1cc(N)c2cnc(NC(=O)[C@H]3C[C@@H]3C#N)cc2c1. The lowest BCUT2D eigenvalue weighted by Gasteiger charge is -2.09. The molecule has 1 fully saturated rings. The quantitative estimate of drug-likeness (QED) is 0.706. The molecule has 1 aliphatic rings. The van der Waals surface area contributed by atoms with E-state index in [4.69, 9.17) is 11.0 Å². The maximum atomic E-state index is 12.1. The van der Waals surface area contributed by atoms with Crippen LogP contribution in [0.4, 0.5) is 11.5 Å². The third kappa shape index (κ3) is 2.81. The highest BCUT2D eigenvalue weighted by molar-refractivity contribution is 7.04. The highest BCUT2D eigenvalue weighted by Crippen LogP contribution is 2.38. The van der Waals surface area contributed by atoms with Gasteiger partial charge in [-0.15, -0.1) is 0 Å². The molecular formula is C18H15N5OS. The number of anilines is 2. The van der Waals surface area contributed by atoms with Gasteiger partial charge in [-0.05, 0) is 54.0 Å². The Morgan fingerprint density at radius 3 is 2.96 bits per heavy atom. The van der Waals surface area contributed by atoms with E-state index < -0.39 is 0 Å².